The van der Waals surface area contributed by atoms with Gasteiger partial charge >= 0.3 is 0 Å². The molecule has 2 heterocycles. The van der Waals surface area contributed by atoms with Crippen LogP contribution >= 0.6 is 23.5 Å². The second kappa shape index (κ2) is 14.6. The van der Waals surface area contributed by atoms with Gasteiger partial charge in [-0.1, -0.05) is 85.9 Å². The van der Waals surface area contributed by atoms with Crippen LogP contribution in [0.4, 0.5) is 0 Å². The number of amidine groups is 2. The smallest absolute Gasteiger partial charge is 0.180 e. The van der Waals surface area contributed by atoms with E-state index < -0.39 is 0 Å². The van der Waals surface area contributed by atoms with Crippen molar-refractivity contribution in [3.8, 4) is 0 Å². The van der Waals surface area contributed by atoms with Gasteiger partial charge in [0.15, 0.2) is 10.3 Å². The highest BCUT2D eigenvalue weighted by atomic mass is 32.2. The molecule has 4 aromatic rings. The molecule has 0 aliphatic rings. The van der Waals surface area contributed by atoms with Gasteiger partial charge in [0, 0.05) is 10.8 Å². The standard InChI is InChI=1S/2C13H14N4S/c2*1-2-18-13(14)17-15-9-11-8-7-10-5-3-4-6-12(10)16-11/h2*3-9H,2H2,1H3,(H2,14,17)/b2*15-9+. The minimum Gasteiger partial charge on any atom is -0.377 e. The number of hydrogen-bond donors (Lipinski definition) is 2. The van der Waals surface area contributed by atoms with Crippen molar-refractivity contribution in [1.29, 1.82) is 0 Å². The Morgan fingerprint density at radius 2 is 1.08 bits per heavy atom. The summed E-state index contributed by atoms with van der Waals surface area (Å²) in [6, 6.07) is 23.7. The molecule has 10 heteroatoms. The van der Waals surface area contributed by atoms with Crippen LogP contribution in [0.1, 0.15) is 25.2 Å². The SMILES string of the molecule is CCS/C(N)=N/N=C/c1ccc2ccccc2n1.CCS/C(N)=N/N=C/c1ccc2ccccc2n1. The molecule has 0 unspecified atom stereocenters. The topological polar surface area (TPSA) is 127 Å². The van der Waals surface area contributed by atoms with Crippen LogP contribution in [0.3, 0.4) is 0 Å². The zero-order valence-electron chi connectivity index (χ0n) is 20.2. The molecule has 2 aromatic carbocycles. The zero-order valence-corrected chi connectivity index (χ0v) is 21.8. The minimum absolute atomic E-state index is 0.467. The monoisotopic (exact) mass is 516 g/mol. The van der Waals surface area contributed by atoms with Crippen LogP contribution < -0.4 is 11.5 Å². The van der Waals surface area contributed by atoms with Crippen LogP contribution in [0.25, 0.3) is 21.8 Å². The number of nitrogens with zero attached hydrogens (tertiary/aromatic N) is 6. The van der Waals surface area contributed by atoms with E-state index in [4.69, 9.17) is 11.5 Å². The first-order valence-corrected chi connectivity index (χ1v) is 13.3. The highest BCUT2D eigenvalue weighted by Gasteiger charge is 1.96. The Morgan fingerprint density at radius 3 is 1.50 bits per heavy atom. The number of nitrogens with two attached hydrogens (primary N) is 2. The van der Waals surface area contributed by atoms with E-state index in [1.54, 1.807) is 12.4 Å². The molecule has 0 radical (unpaired) electrons. The first kappa shape index (κ1) is 26.8. The predicted octanol–water partition coefficient (Wildman–Crippen LogP) is 5.27. The maximum Gasteiger partial charge on any atom is 0.180 e. The highest BCUT2D eigenvalue weighted by molar-refractivity contribution is 8.14. The van der Waals surface area contributed by atoms with E-state index in [2.05, 4.69) is 30.4 Å². The third-order valence-corrected chi connectivity index (χ3v) is 5.85. The third kappa shape index (κ3) is 8.79. The van der Waals surface area contributed by atoms with E-state index in [9.17, 15) is 0 Å². The Morgan fingerprint density at radius 1 is 0.667 bits per heavy atom. The molecule has 0 amide bonds. The van der Waals surface area contributed by atoms with Crippen LogP contribution in [-0.4, -0.2) is 44.2 Å². The van der Waals surface area contributed by atoms with Crippen molar-refractivity contribution >= 4 is 68.1 Å². The van der Waals surface area contributed by atoms with Gasteiger partial charge in [-0.15, -0.1) is 10.2 Å². The molecule has 0 spiro atoms. The highest BCUT2D eigenvalue weighted by Crippen LogP contribution is 2.12. The second-order valence-electron chi connectivity index (χ2n) is 7.09. The van der Waals surface area contributed by atoms with E-state index in [1.807, 2.05) is 86.6 Å². The Balaban J connectivity index is 0.000000201. The summed E-state index contributed by atoms with van der Waals surface area (Å²) >= 11 is 2.93. The molecule has 0 aliphatic heterocycles. The molecule has 4 rings (SSSR count). The lowest BCUT2D eigenvalue weighted by molar-refractivity contribution is 1.24. The maximum absolute atomic E-state index is 5.62. The molecule has 4 N–H and O–H groups in total. The number of rotatable bonds is 6. The Labute approximate surface area is 219 Å². The predicted molar refractivity (Wildman–Crippen MR) is 158 cm³/mol. The van der Waals surface area contributed by atoms with Crippen LogP contribution in [0.15, 0.2) is 93.2 Å². The number of pyridine rings is 2. The normalized spacial score (nSPS) is 12.4. The second-order valence-corrected chi connectivity index (χ2v) is 9.66. The molecule has 0 saturated carbocycles. The average molecular weight is 517 g/mol. The van der Waals surface area contributed by atoms with Crippen molar-refractivity contribution in [1.82, 2.24) is 9.97 Å². The Kier molecular flexibility index (Phi) is 10.9. The molecule has 0 atom stereocenters. The minimum atomic E-state index is 0.467. The molecular weight excluding hydrogens is 488 g/mol. The summed E-state index contributed by atoms with van der Waals surface area (Å²) in [5, 5.41) is 18.8. The fourth-order valence-corrected chi connectivity index (χ4v) is 3.75. The van der Waals surface area contributed by atoms with E-state index in [-0.39, 0.29) is 0 Å². The summed E-state index contributed by atoms with van der Waals surface area (Å²) in [4.78, 5) is 8.90. The fourth-order valence-electron chi connectivity index (χ4n) is 2.95. The summed E-state index contributed by atoms with van der Waals surface area (Å²) in [5.74, 6) is 1.78. The molecular formula is C26H28N8S2. The van der Waals surface area contributed by atoms with Crippen molar-refractivity contribution in [3.63, 3.8) is 0 Å². The number of para-hydroxylation sites is 2. The van der Waals surface area contributed by atoms with E-state index >= 15 is 0 Å². The van der Waals surface area contributed by atoms with E-state index in [0.29, 0.717) is 10.3 Å². The van der Waals surface area contributed by atoms with Crippen molar-refractivity contribution < 1.29 is 0 Å². The van der Waals surface area contributed by atoms with E-state index in [1.165, 1.54) is 23.5 Å². The van der Waals surface area contributed by atoms with Crippen molar-refractivity contribution in [2.24, 2.45) is 31.9 Å². The summed E-state index contributed by atoms with van der Waals surface area (Å²) < 4.78 is 0. The number of hydrogen-bond acceptors (Lipinski definition) is 8. The van der Waals surface area contributed by atoms with Gasteiger partial charge in [0.05, 0.1) is 34.9 Å². The van der Waals surface area contributed by atoms with Gasteiger partial charge in [-0.05, 0) is 35.8 Å². The zero-order chi connectivity index (χ0) is 25.6. The van der Waals surface area contributed by atoms with Crippen LogP contribution in [0.2, 0.25) is 0 Å². The van der Waals surface area contributed by atoms with Gasteiger partial charge in [0.1, 0.15) is 0 Å². The Bertz CT molecular complexity index is 1290. The lowest BCUT2D eigenvalue weighted by atomic mass is 10.2. The van der Waals surface area contributed by atoms with Gasteiger partial charge < -0.3 is 11.5 Å². The summed E-state index contributed by atoms with van der Waals surface area (Å²) in [5.41, 5.74) is 14.7. The van der Waals surface area contributed by atoms with Gasteiger partial charge in [-0.25, -0.2) is 9.97 Å². The van der Waals surface area contributed by atoms with Crippen LogP contribution in [0, 0.1) is 0 Å². The van der Waals surface area contributed by atoms with Crippen molar-refractivity contribution in [2.75, 3.05) is 11.5 Å². The first-order chi connectivity index (χ1) is 17.6. The summed E-state index contributed by atoms with van der Waals surface area (Å²) in [7, 11) is 0. The van der Waals surface area contributed by atoms with Gasteiger partial charge in [0.2, 0.25) is 0 Å². The molecule has 0 bridgehead atoms. The molecule has 0 fully saturated rings. The number of fused-ring (bicyclic) bond motifs is 2. The van der Waals surface area contributed by atoms with Gasteiger partial charge in [-0.3, -0.25) is 0 Å². The van der Waals surface area contributed by atoms with Crippen molar-refractivity contribution in [3.05, 3.63) is 84.2 Å². The number of aromatic nitrogens is 2. The third-order valence-electron chi connectivity index (χ3n) is 4.52. The number of benzene rings is 2. The molecule has 2 aromatic heterocycles. The van der Waals surface area contributed by atoms with Crippen LogP contribution in [-0.2, 0) is 0 Å². The van der Waals surface area contributed by atoms with Gasteiger partial charge in [0.25, 0.3) is 0 Å². The Hall–Kier alpha value is -3.76. The molecule has 0 saturated heterocycles. The largest absolute Gasteiger partial charge is 0.377 e. The quantitative estimate of drug-likeness (QED) is 0.204. The summed E-state index contributed by atoms with van der Waals surface area (Å²) in [6.07, 6.45) is 3.21. The maximum atomic E-state index is 5.62. The van der Waals surface area contributed by atoms with Gasteiger partial charge in [-0.2, -0.15) is 10.2 Å². The van der Waals surface area contributed by atoms with Crippen LogP contribution in [0.5, 0.6) is 0 Å². The summed E-state index contributed by atoms with van der Waals surface area (Å²) in [6.45, 7) is 4.03. The fraction of sp³-hybridized carbons (Fsp3) is 0.154. The van der Waals surface area contributed by atoms with E-state index in [0.717, 1.165) is 44.7 Å². The molecule has 184 valence electrons. The lowest BCUT2D eigenvalue weighted by Gasteiger charge is -1.97. The molecule has 36 heavy (non-hydrogen) atoms. The first-order valence-electron chi connectivity index (χ1n) is 11.3. The average Bonchev–Trinajstić information content (AvgIpc) is 2.89. The molecule has 0 aliphatic carbocycles. The number of thioether (sulfide) groups is 2. The molecule has 8 nitrogen and oxygen atoms in total. The lowest BCUT2D eigenvalue weighted by Crippen LogP contribution is -2.05. The van der Waals surface area contributed by atoms with Crippen molar-refractivity contribution in [2.45, 2.75) is 13.8 Å².